The van der Waals surface area contributed by atoms with Crippen molar-refractivity contribution in [1.82, 2.24) is 5.32 Å². The predicted molar refractivity (Wildman–Crippen MR) is 72.9 cm³/mol. The Kier molecular flexibility index (Phi) is 4.96. The van der Waals surface area contributed by atoms with E-state index in [1.54, 1.807) is 6.07 Å². The highest BCUT2D eigenvalue weighted by molar-refractivity contribution is 5.17. The minimum Gasteiger partial charge on any atom is -0.404 e. The number of nitrogens with zero attached hydrogens (tertiary/aromatic N) is 1. The van der Waals surface area contributed by atoms with Crippen LogP contribution in [0.5, 0.6) is 0 Å². The Labute approximate surface area is 113 Å². The van der Waals surface area contributed by atoms with Gasteiger partial charge in [0.2, 0.25) is 0 Å². The maximum atomic E-state index is 10.5. The summed E-state index contributed by atoms with van der Waals surface area (Å²) in [6.07, 6.45) is 7.70. The summed E-state index contributed by atoms with van der Waals surface area (Å²) < 4.78 is 5.17. The third kappa shape index (κ3) is 3.80. The third-order valence-corrected chi connectivity index (χ3v) is 4.02. The minimum atomic E-state index is -0.498. The fourth-order valence-corrected chi connectivity index (χ4v) is 2.97. The first-order chi connectivity index (χ1) is 9.20. The van der Waals surface area contributed by atoms with Gasteiger partial charge in [0.05, 0.1) is 12.6 Å². The zero-order valence-electron chi connectivity index (χ0n) is 11.4. The van der Waals surface area contributed by atoms with Gasteiger partial charge in [-0.05, 0) is 31.2 Å². The monoisotopic (exact) mass is 266 g/mol. The maximum Gasteiger partial charge on any atom is 0.433 e. The molecular weight excluding hydrogens is 244 g/mol. The van der Waals surface area contributed by atoms with Gasteiger partial charge in [0.25, 0.3) is 0 Å². The van der Waals surface area contributed by atoms with E-state index in [0.717, 1.165) is 12.3 Å². The van der Waals surface area contributed by atoms with Gasteiger partial charge in [-0.2, -0.15) is 0 Å². The average Bonchev–Trinajstić information content (AvgIpc) is 2.90. The molecule has 0 aliphatic heterocycles. The van der Waals surface area contributed by atoms with Crippen molar-refractivity contribution >= 4 is 5.88 Å². The molecule has 1 aromatic rings. The molecule has 0 aromatic carbocycles. The van der Waals surface area contributed by atoms with Crippen LogP contribution in [-0.4, -0.2) is 11.0 Å². The summed E-state index contributed by atoms with van der Waals surface area (Å²) in [4.78, 5) is 10.0. The molecule has 1 unspecified atom stereocenters. The van der Waals surface area contributed by atoms with E-state index in [1.807, 2.05) is 0 Å². The van der Waals surface area contributed by atoms with Crippen LogP contribution in [0.15, 0.2) is 16.5 Å². The SMILES string of the molecule is CCC(NCc1ccc([N+](=O)[O-])o1)C1CCCCC1. The summed E-state index contributed by atoms with van der Waals surface area (Å²) in [5.74, 6) is 1.20. The average molecular weight is 266 g/mol. The molecule has 1 N–H and O–H groups in total. The summed E-state index contributed by atoms with van der Waals surface area (Å²) in [7, 11) is 0. The molecule has 2 rings (SSSR count). The highest BCUT2D eigenvalue weighted by Gasteiger charge is 2.22. The van der Waals surface area contributed by atoms with Crippen molar-refractivity contribution < 1.29 is 9.34 Å². The van der Waals surface area contributed by atoms with Crippen LogP contribution >= 0.6 is 0 Å². The summed E-state index contributed by atoms with van der Waals surface area (Å²) in [5, 5.41) is 14.0. The van der Waals surface area contributed by atoms with Crippen LogP contribution in [0, 0.1) is 16.0 Å². The molecule has 1 aliphatic rings. The minimum absolute atomic E-state index is 0.178. The number of nitro groups is 1. The molecule has 106 valence electrons. The Hall–Kier alpha value is -1.36. The Morgan fingerprint density at radius 3 is 2.74 bits per heavy atom. The topological polar surface area (TPSA) is 68.3 Å². The van der Waals surface area contributed by atoms with Crippen molar-refractivity contribution in [2.24, 2.45) is 5.92 Å². The molecule has 1 saturated carbocycles. The Morgan fingerprint density at radius 2 is 2.16 bits per heavy atom. The van der Waals surface area contributed by atoms with E-state index in [-0.39, 0.29) is 5.88 Å². The van der Waals surface area contributed by atoms with Crippen molar-refractivity contribution in [2.45, 2.75) is 58.0 Å². The van der Waals surface area contributed by atoms with E-state index >= 15 is 0 Å². The van der Waals surface area contributed by atoms with Gasteiger partial charge >= 0.3 is 5.88 Å². The number of nitrogens with one attached hydrogen (secondary N) is 1. The van der Waals surface area contributed by atoms with Crippen LogP contribution < -0.4 is 5.32 Å². The van der Waals surface area contributed by atoms with Crippen LogP contribution in [0.2, 0.25) is 0 Å². The molecule has 1 aromatic heterocycles. The highest BCUT2D eigenvalue weighted by Crippen LogP contribution is 2.28. The van der Waals surface area contributed by atoms with Crippen molar-refractivity contribution in [3.05, 3.63) is 28.0 Å². The van der Waals surface area contributed by atoms with E-state index in [1.165, 1.54) is 38.2 Å². The molecule has 19 heavy (non-hydrogen) atoms. The van der Waals surface area contributed by atoms with Gasteiger partial charge in [0.15, 0.2) is 0 Å². The number of hydrogen-bond acceptors (Lipinski definition) is 4. The largest absolute Gasteiger partial charge is 0.433 e. The zero-order valence-corrected chi connectivity index (χ0v) is 11.4. The lowest BCUT2D eigenvalue weighted by Gasteiger charge is -2.30. The van der Waals surface area contributed by atoms with E-state index in [2.05, 4.69) is 12.2 Å². The molecule has 1 aliphatic carbocycles. The van der Waals surface area contributed by atoms with Gasteiger partial charge in [0, 0.05) is 6.04 Å². The number of rotatable bonds is 6. The van der Waals surface area contributed by atoms with E-state index < -0.39 is 4.92 Å². The van der Waals surface area contributed by atoms with E-state index in [0.29, 0.717) is 18.3 Å². The highest BCUT2D eigenvalue weighted by atomic mass is 16.6. The molecule has 1 fully saturated rings. The molecule has 0 saturated heterocycles. The summed E-state index contributed by atoms with van der Waals surface area (Å²) in [6.45, 7) is 2.76. The van der Waals surface area contributed by atoms with Crippen LogP contribution in [0.3, 0.4) is 0 Å². The van der Waals surface area contributed by atoms with Gasteiger partial charge in [-0.15, -0.1) is 0 Å². The van der Waals surface area contributed by atoms with Crippen LogP contribution in [0.4, 0.5) is 5.88 Å². The molecule has 0 spiro atoms. The molecule has 0 radical (unpaired) electrons. The molecule has 0 amide bonds. The smallest absolute Gasteiger partial charge is 0.404 e. The van der Waals surface area contributed by atoms with Gasteiger partial charge in [-0.3, -0.25) is 10.1 Å². The lowest BCUT2D eigenvalue weighted by molar-refractivity contribution is -0.402. The quantitative estimate of drug-likeness (QED) is 0.630. The van der Waals surface area contributed by atoms with E-state index in [4.69, 9.17) is 4.42 Å². The number of hydrogen-bond donors (Lipinski definition) is 1. The van der Waals surface area contributed by atoms with Crippen molar-refractivity contribution in [3.8, 4) is 0 Å². The molecule has 1 atom stereocenters. The first-order valence-electron chi connectivity index (χ1n) is 7.17. The molecule has 5 nitrogen and oxygen atoms in total. The third-order valence-electron chi connectivity index (χ3n) is 4.02. The van der Waals surface area contributed by atoms with Gasteiger partial charge < -0.3 is 9.73 Å². The molecule has 0 bridgehead atoms. The standard InChI is InChI=1S/C14H22N2O3/c1-2-13(11-6-4-3-5-7-11)15-10-12-8-9-14(19-12)16(17)18/h8-9,11,13,15H,2-7,10H2,1H3. The van der Waals surface area contributed by atoms with Crippen molar-refractivity contribution in [1.29, 1.82) is 0 Å². The fourth-order valence-electron chi connectivity index (χ4n) is 2.97. The Morgan fingerprint density at radius 1 is 1.42 bits per heavy atom. The summed E-state index contributed by atoms with van der Waals surface area (Å²) in [6, 6.07) is 3.58. The Bertz CT molecular complexity index is 411. The first kappa shape index (κ1) is 14.1. The summed E-state index contributed by atoms with van der Waals surface area (Å²) in [5.41, 5.74) is 0. The number of furan rings is 1. The van der Waals surface area contributed by atoms with E-state index in [9.17, 15) is 10.1 Å². The second-order valence-electron chi connectivity index (χ2n) is 5.29. The second kappa shape index (κ2) is 6.70. The second-order valence-corrected chi connectivity index (χ2v) is 5.29. The lowest BCUT2D eigenvalue weighted by atomic mass is 9.83. The maximum absolute atomic E-state index is 10.5. The first-order valence-corrected chi connectivity index (χ1v) is 7.17. The normalized spacial score (nSPS) is 18.4. The van der Waals surface area contributed by atoms with Crippen LogP contribution in [0.1, 0.15) is 51.2 Å². The molecular formula is C14H22N2O3. The van der Waals surface area contributed by atoms with Crippen LogP contribution in [-0.2, 0) is 6.54 Å². The lowest BCUT2D eigenvalue weighted by Crippen LogP contribution is -2.36. The van der Waals surface area contributed by atoms with Crippen molar-refractivity contribution in [3.63, 3.8) is 0 Å². The van der Waals surface area contributed by atoms with Gasteiger partial charge in [0.1, 0.15) is 10.7 Å². The predicted octanol–water partition coefficient (Wildman–Crippen LogP) is 3.64. The zero-order chi connectivity index (χ0) is 13.7. The van der Waals surface area contributed by atoms with Gasteiger partial charge in [-0.25, -0.2) is 0 Å². The summed E-state index contributed by atoms with van der Waals surface area (Å²) >= 11 is 0. The molecule has 1 heterocycles. The fraction of sp³-hybridized carbons (Fsp3) is 0.714. The Balaban J connectivity index is 1.86. The van der Waals surface area contributed by atoms with Gasteiger partial charge in [-0.1, -0.05) is 26.2 Å². The van der Waals surface area contributed by atoms with Crippen LogP contribution in [0.25, 0.3) is 0 Å². The molecule has 5 heteroatoms. The van der Waals surface area contributed by atoms with Crippen molar-refractivity contribution in [2.75, 3.05) is 0 Å².